The number of piperidine rings is 1. The standard InChI is InChI=1S/C12H22N2O2/c1-9-5-6-10(8-13-9)14-12(15)11-4-2-3-7-16-11/h9-11,13H,2-8H2,1H3,(H,14,15). The zero-order valence-electron chi connectivity index (χ0n) is 10.00. The van der Waals surface area contributed by atoms with E-state index in [9.17, 15) is 4.79 Å². The summed E-state index contributed by atoms with van der Waals surface area (Å²) in [7, 11) is 0. The number of hydrogen-bond acceptors (Lipinski definition) is 3. The van der Waals surface area contributed by atoms with Gasteiger partial charge in [-0.15, -0.1) is 0 Å². The van der Waals surface area contributed by atoms with Crippen LogP contribution >= 0.6 is 0 Å². The number of amides is 1. The Balaban J connectivity index is 1.73. The van der Waals surface area contributed by atoms with Crippen LogP contribution in [0.3, 0.4) is 0 Å². The Labute approximate surface area is 97.1 Å². The van der Waals surface area contributed by atoms with Gasteiger partial charge in [0.1, 0.15) is 6.10 Å². The van der Waals surface area contributed by atoms with E-state index in [1.807, 2.05) is 0 Å². The molecule has 0 aliphatic carbocycles. The highest BCUT2D eigenvalue weighted by atomic mass is 16.5. The molecule has 2 fully saturated rings. The minimum absolute atomic E-state index is 0.0843. The summed E-state index contributed by atoms with van der Waals surface area (Å²) in [5.41, 5.74) is 0. The molecule has 0 saturated carbocycles. The summed E-state index contributed by atoms with van der Waals surface area (Å²) in [6.07, 6.45) is 5.09. The van der Waals surface area contributed by atoms with Gasteiger partial charge in [-0.1, -0.05) is 0 Å². The summed E-state index contributed by atoms with van der Waals surface area (Å²) in [4.78, 5) is 11.9. The smallest absolute Gasteiger partial charge is 0.249 e. The minimum atomic E-state index is -0.201. The Morgan fingerprint density at radius 1 is 1.31 bits per heavy atom. The first-order valence-corrected chi connectivity index (χ1v) is 6.41. The Morgan fingerprint density at radius 3 is 2.81 bits per heavy atom. The predicted octanol–water partition coefficient (Wildman–Crippen LogP) is 0.812. The maximum absolute atomic E-state index is 11.9. The number of carbonyl (C=O) groups excluding carboxylic acids is 1. The van der Waals surface area contributed by atoms with Crippen molar-refractivity contribution in [1.29, 1.82) is 0 Å². The molecule has 1 amide bonds. The lowest BCUT2D eigenvalue weighted by molar-refractivity contribution is -0.136. The second-order valence-electron chi connectivity index (χ2n) is 4.95. The summed E-state index contributed by atoms with van der Waals surface area (Å²) in [6.45, 7) is 3.81. The second-order valence-corrected chi connectivity index (χ2v) is 4.95. The van der Waals surface area contributed by atoms with Gasteiger partial charge in [-0.3, -0.25) is 4.79 Å². The summed E-state index contributed by atoms with van der Waals surface area (Å²) in [6, 6.07) is 0.869. The molecular weight excluding hydrogens is 204 g/mol. The van der Waals surface area contributed by atoms with Crippen LogP contribution in [0, 0.1) is 0 Å². The van der Waals surface area contributed by atoms with Gasteiger partial charge in [0.25, 0.3) is 0 Å². The average molecular weight is 226 g/mol. The van der Waals surface area contributed by atoms with E-state index >= 15 is 0 Å². The molecule has 16 heavy (non-hydrogen) atoms. The van der Waals surface area contributed by atoms with Crippen molar-refractivity contribution in [3.05, 3.63) is 0 Å². The van der Waals surface area contributed by atoms with Crippen LogP contribution in [0.5, 0.6) is 0 Å². The lowest BCUT2D eigenvalue weighted by atomic mass is 10.0. The second kappa shape index (κ2) is 5.64. The molecule has 0 aromatic heterocycles. The Morgan fingerprint density at radius 2 is 2.19 bits per heavy atom. The molecule has 2 saturated heterocycles. The van der Waals surface area contributed by atoms with Crippen LogP contribution in [-0.2, 0) is 9.53 Å². The van der Waals surface area contributed by atoms with Crippen molar-refractivity contribution in [1.82, 2.24) is 10.6 Å². The normalized spacial score (nSPS) is 35.7. The van der Waals surface area contributed by atoms with Crippen molar-refractivity contribution in [2.75, 3.05) is 13.2 Å². The molecule has 2 N–H and O–H groups in total. The monoisotopic (exact) mass is 226 g/mol. The summed E-state index contributed by atoms with van der Waals surface area (Å²) in [5.74, 6) is 0.0843. The van der Waals surface area contributed by atoms with E-state index in [2.05, 4.69) is 17.6 Å². The highest BCUT2D eigenvalue weighted by Crippen LogP contribution is 2.14. The van der Waals surface area contributed by atoms with Crippen LogP contribution in [0.4, 0.5) is 0 Å². The van der Waals surface area contributed by atoms with Crippen LogP contribution in [0.15, 0.2) is 0 Å². The van der Waals surface area contributed by atoms with Gasteiger partial charge in [0.2, 0.25) is 5.91 Å². The summed E-state index contributed by atoms with van der Waals surface area (Å²) < 4.78 is 5.47. The lowest BCUT2D eigenvalue weighted by Crippen LogP contribution is -2.51. The van der Waals surface area contributed by atoms with Crippen LogP contribution < -0.4 is 10.6 Å². The van der Waals surface area contributed by atoms with Gasteiger partial charge in [0, 0.05) is 25.2 Å². The molecule has 0 spiro atoms. The van der Waals surface area contributed by atoms with Crippen molar-refractivity contribution in [2.24, 2.45) is 0 Å². The van der Waals surface area contributed by atoms with Crippen molar-refractivity contribution < 1.29 is 9.53 Å². The fraction of sp³-hybridized carbons (Fsp3) is 0.917. The van der Waals surface area contributed by atoms with E-state index in [1.54, 1.807) is 0 Å². The molecule has 0 aromatic rings. The highest BCUT2D eigenvalue weighted by Gasteiger charge is 2.25. The van der Waals surface area contributed by atoms with Gasteiger partial charge >= 0.3 is 0 Å². The van der Waals surface area contributed by atoms with Crippen molar-refractivity contribution >= 4 is 5.91 Å². The first kappa shape index (κ1) is 11.9. The van der Waals surface area contributed by atoms with Gasteiger partial charge in [-0.25, -0.2) is 0 Å². The average Bonchev–Trinajstić information content (AvgIpc) is 2.33. The first-order valence-electron chi connectivity index (χ1n) is 6.41. The highest BCUT2D eigenvalue weighted by molar-refractivity contribution is 5.81. The minimum Gasteiger partial charge on any atom is -0.368 e. The number of nitrogens with one attached hydrogen (secondary N) is 2. The van der Waals surface area contributed by atoms with Crippen molar-refractivity contribution in [3.8, 4) is 0 Å². The van der Waals surface area contributed by atoms with Crippen LogP contribution in [0.2, 0.25) is 0 Å². The zero-order chi connectivity index (χ0) is 11.4. The Hall–Kier alpha value is -0.610. The molecule has 2 aliphatic heterocycles. The van der Waals surface area contributed by atoms with Crippen LogP contribution in [-0.4, -0.2) is 37.2 Å². The molecule has 2 rings (SSSR count). The molecule has 0 aromatic carbocycles. The maximum atomic E-state index is 11.9. The van der Waals surface area contributed by atoms with Crippen molar-refractivity contribution in [3.63, 3.8) is 0 Å². The molecule has 3 unspecified atom stereocenters. The molecule has 92 valence electrons. The topological polar surface area (TPSA) is 50.4 Å². The molecule has 3 atom stereocenters. The van der Waals surface area contributed by atoms with Crippen LogP contribution in [0.1, 0.15) is 39.0 Å². The number of hydrogen-bond donors (Lipinski definition) is 2. The quantitative estimate of drug-likeness (QED) is 0.732. The zero-order valence-corrected chi connectivity index (χ0v) is 10.00. The maximum Gasteiger partial charge on any atom is 0.249 e. The SMILES string of the molecule is CC1CCC(NC(=O)C2CCCCO2)CN1. The molecular formula is C12H22N2O2. The first-order chi connectivity index (χ1) is 7.75. The molecule has 0 bridgehead atoms. The largest absolute Gasteiger partial charge is 0.368 e. The number of ether oxygens (including phenoxy) is 1. The Kier molecular flexibility index (Phi) is 4.18. The van der Waals surface area contributed by atoms with Gasteiger partial charge < -0.3 is 15.4 Å². The van der Waals surface area contributed by atoms with E-state index in [1.165, 1.54) is 0 Å². The Bertz CT molecular complexity index is 231. The van der Waals surface area contributed by atoms with E-state index in [4.69, 9.17) is 4.74 Å². The molecule has 4 heteroatoms. The molecule has 4 nitrogen and oxygen atoms in total. The van der Waals surface area contributed by atoms with Gasteiger partial charge in [-0.05, 0) is 39.0 Å². The third kappa shape index (κ3) is 3.19. The third-order valence-electron chi connectivity index (χ3n) is 3.48. The molecule has 2 heterocycles. The van der Waals surface area contributed by atoms with E-state index < -0.39 is 0 Å². The fourth-order valence-corrected chi connectivity index (χ4v) is 2.36. The van der Waals surface area contributed by atoms with Crippen LogP contribution in [0.25, 0.3) is 0 Å². The van der Waals surface area contributed by atoms with E-state index in [0.29, 0.717) is 6.04 Å². The fourth-order valence-electron chi connectivity index (χ4n) is 2.36. The predicted molar refractivity (Wildman–Crippen MR) is 62.2 cm³/mol. The van der Waals surface area contributed by atoms with Crippen molar-refractivity contribution in [2.45, 2.75) is 57.2 Å². The van der Waals surface area contributed by atoms with Gasteiger partial charge in [-0.2, -0.15) is 0 Å². The summed E-state index contributed by atoms with van der Waals surface area (Å²) in [5, 5.41) is 6.47. The molecule has 2 aliphatic rings. The summed E-state index contributed by atoms with van der Waals surface area (Å²) >= 11 is 0. The lowest BCUT2D eigenvalue weighted by Gasteiger charge is -2.30. The third-order valence-corrected chi connectivity index (χ3v) is 3.48. The van der Waals surface area contributed by atoms with E-state index in [0.717, 1.165) is 45.3 Å². The van der Waals surface area contributed by atoms with Gasteiger partial charge in [0.05, 0.1) is 0 Å². The van der Waals surface area contributed by atoms with Gasteiger partial charge in [0.15, 0.2) is 0 Å². The molecule has 0 radical (unpaired) electrons. The number of rotatable bonds is 2. The van der Waals surface area contributed by atoms with E-state index in [-0.39, 0.29) is 18.1 Å². The number of carbonyl (C=O) groups is 1.